The van der Waals surface area contributed by atoms with Gasteiger partial charge in [0, 0.05) is 30.6 Å². The van der Waals surface area contributed by atoms with E-state index in [2.05, 4.69) is 25.4 Å². The van der Waals surface area contributed by atoms with Crippen LogP contribution in [0.5, 0.6) is 0 Å². The first-order valence-corrected chi connectivity index (χ1v) is 9.22. The van der Waals surface area contributed by atoms with Crippen molar-refractivity contribution in [2.45, 2.75) is 27.2 Å². The molecule has 142 valence electrons. The Hall–Kier alpha value is -3.48. The third-order valence-corrected chi connectivity index (χ3v) is 4.70. The van der Waals surface area contributed by atoms with E-state index >= 15 is 0 Å². The van der Waals surface area contributed by atoms with E-state index in [0.29, 0.717) is 24.2 Å². The molecule has 2 N–H and O–H groups in total. The van der Waals surface area contributed by atoms with Crippen molar-refractivity contribution >= 4 is 16.9 Å². The number of aromatic amines is 1. The Labute approximate surface area is 162 Å². The first-order valence-electron chi connectivity index (χ1n) is 9.22. The molecule has 0 spiro atoms. The Morgan fingerprint density at radius 3 is 2.68 bits per heavy atom. The highest BCUT2D eigenvalue weighted by atomic mass is 16.1. The summed E-state index contributed by atoms with van der Waals surface area (Å²) in [5.74, 6) is -0.124. The molecule has 0 saturated heterocycles. The number of aromatic nitrogens is 5. The predicted molar refractivity (Wildman–Crippen MR) is 108 cm³/mol. The highest BCUT2D eigenvalue weighted by Gasteiger charge is 2.19. The number of nitrogens with one attached hydrogen (secondary N) is 2. The summed E-state index contributed by atoms with van der Waals surface area (Å²) in [4.78, 5) is 24.6. The summed E-state index contributed by atoms with van der Waals surface area (Å²) in [5.41, 5.74) is 5.94. The van der Waals surface area contributed by atoms with E-state index in [4.69, 9.17) is 0 Å². The van der Waals surface area contributed by atoms with Crippen molar-refractivity contribution in [3.8, 4) is 5.69 Å². The lowest BCUT2D eigenvalue weighted by Gasteiger charge is -2.08. The number of carbonyl (C=O) groups excluding carboxylic acids is 1. The van der Waals surface area contributed by atoms with Crippen LogP contribution in [0.25, 0.3) is 16.7 Å². The molecule has 7 heteroatoms. The Bertz CT molecular complexity index is 1130. The van der Waals surface area contributed by atoms with Gasteiger partial charge in [0.1, 0.15) is 0 Å². The molecule has 0 aliphatic carbocycles. The van der Waals surface area contributed by atoms with Crippen LogP contribution in [0, 0.1) is 20.8 Å². The van der Waals surface area contributed by atoms with Gasteiger partial charge in [0.15, 0.2) is 5.65 Å². The smallest absolute Gasteiger partial charge is 0.252 e. The van der Waals surface area contributed by atoms with Gasteiger partial charge in [-0.05, 0) is 39.0 Å². The number of hydrogen-bond donors (Lipinski definition) is 2. The fraction of sp³-hybridized carbons (Fsp3) is 0.238. The van der Waals surface area contributed by atoms with Gasteiger partial charge in [-0.15, -0.1) is 0 Å². The third-order valence-electron chi connectivity index (χ3n) is 4.70. The summed E-state index contributed by atoms with van der Waals surface area (Å²) < 4.78 is 1.80. The fourth-order valence-corrected chi connectivity index (χ4v) is 3.29. The first-order chi connectivity index (χ1) is 13.5. The van der Waals surface area contributed by atoms with E-state index < -0.39 is 0 Å². The Kier molecular flexibility index (Phi) is 4.65. The molecule has 7 nitrogen and oxygen atoms in total. The number of H-pyrrole nitrogens is 1. The lowest BCUT2D eigenvalue weighted by Crippen LogP contribution is -2.26. The molecule has 0 fully saturated rings. The maximum Gasteiger partial charge on any atom is 0.252 e. The van der Waals surface area contributed by atoms with E-state index in [9.17, 15) is 4.79 Å². The van der Waals surface area contributed by atoms with E-state index in [1.165, 1.54) is 5.56 Å². The number of pyridine rings is 1. The zero-order chi connectivity index (χ0) is 19.7. The molecule has 0 bridgehead atoms. The summed E-state index contributed by atoms with van der Waals surface area (Å²) in [5, 5.41) is 8.43. The predicted octanol–water partition coefficient (Wildman–Crippen LogP) is 3.04. The first kappa shape index (κ1) is 17.9. The standard InChI is InChI=1S/C21H22N6O/c1-13-4-6-17(7-5-13)27-20-19(15(3)26-27)18(10-14(2)25-20)21(28)23-9-8-16-11-22-12-24-16/h4-7,10-12H,8-9H2,1-3H3,(H,22,24)(H,23,28). The molecule has 3 aromatic heterocycles. The van der Waals surface area contributed by atoms with Crippen molar-refractivity contribution in [3.63, 3.8) is 0 Å². The summed E-state index contributed by atoms with van der Waals surface area (Å²) >= 11 is 0. The van der Waals surface area contributed by atoms with E-state index in [0.717, 1.165) is 28.2 Å². The lowest BCUT2D eigenvalue weighted by molar-refractivity contribution is 0.0955. The number of amides is 1. The summed E-state index contributed by atoms with van der Waals surface area (Å²) in [6, 6.07) is 9.92. The van der Waals surface area contributed by atoms with Crippen molar-refractivity contribution in [1.29, 1.82) is 0 Å². The molecule has 0 saturated carbocycles. The second-order valence-corrected chi connectivity index (χ2v) is 6.93. The average Bonchev–Trinajstić information content (AvgIpc) is 3.30. The van der Waals surface area contributed by atoms with Crippen LogP contribution in [-0.4, -0.2) is 37.2 Å². The maximum atomic E-state index is 12.9. The van der Waals surface area contributed by atoms with Crippen molar-refractivity contribution < 1.29 is 4.79 Å². The number of imidazole rings is 1. The number of nitrogens with zero attached hydrogens (tertiary/aromatic N) is 4. The van der Waals surface area contributed by atoms with Crippen LogP contribution in [0.15, 0.2) is 42.9 Å². The molecule has 3 heterocycles. The van der Waals surface area contributed by atoms with Gasteiger partial charge in [0.25, 0.3) is 5.91 Å². The molecule has 1 aromatic carbocycles. The number of carbonyl (C=O) groups is 1. The normalized spacial score (nSPS) is 11.1. The zero-order valence-electron chi connectivity index (χ0n) is 16.2. The molecule has 0 aliphatic rings. The molecule has 4 aromatic rings. The van der Waals surface area contributed by atoms with Crippen LogP contribution in [0.2, 0.25) is 0 Å². The van der Waals surface area contributed by atoms with Gasteiger partial charge in [0.2, 0.25) is 0 Å². The fourth-order valence-electron chi connectivity index (χ4n) is 3.29. The molecule has 0 aliphatic heterocycles. The van der Waals surface area contributed by atoms with Gasteiger partial charge in [0.05, 0.1) is 28.7 Å². The minimum Gasteiger partial charge on any atom is -0.352 e. The quantitative estimate of drug-likeness (QED) is 0.562. The summed E-state index contributed by atoms with van der Waals surface area (Å²) in [7, 11) is 0. The molecule has 0 atom stereocenters. The van der Waals surface area contributed by atoms with Gasteiger partial charge in [-0.25, -0.2) is 14.6 Å². The Morgan fingerprint density at radius 1 is 1.18 bits per heavy atom. The lowest BCUT2D eigenvalue weighted by atomic mass is 10.1. The molecular weight excluding hydrogens is 352 g/mol. The van der Waals surface area contributed by atoms with E-state index in [-0.39, 0.29) is 5.91 Å². The van der Waals surface area contributed by atoms with Crippen molar-refractivity contribution in [2.75, 3.05) is 6.54 Å². The number of fused-ring (bicyclic) bond motifs is 1. The molecule has 4 rings (SSSR count). The van der Waals surface area contributed by atoms with Crippen molar-refractivity contribution in [3.05, 3.63) is 71.1 Å². The maximum absolute atomic E-state index is 12.9. The summed E-state index contributed by atoms with van der Waals surface area (Å²) in [6.07, 6.45) is 4.09. The molecular formula is C21H22N6O. The number of benzene rings is 1. The van der Waals surface area contributed by atoms with Crippen LogP contribution in [0.3, 0.4) is 0 Å². The van der Waals surface area contributed by atoms with Crippen LogP contribution in [0.1, 0.15) is 33.0 Å². The second-order valence-electron chi connectivity index (χ2n) is 6.93. The van der Waals surface area contributed by atoms with Gasteiger partial charge in [-0.1, -0.05) is 17.7 Å². The Morgan fingerprint density at radius 2 is 1.96 bits per heavy atom. The summed E-state index contributed by atoms with van der Waals surface area (Å²) in [6.45, 7) is 6.37. The van der Waals surface area contributed by atoms with Crippen LogP contribution in [0.4, 0.5) is 0 Å². The SMILES string of the molecule is Cc1ccc(-n2nc(C)c3c(C(=O)NCCc4cnc[nH]4)cc(C)nc32)cc1. The molecule has 1 amide bonds. The monoisotopic (exact) mass is 374 g/mol. The van der Waals surface area contributed by atoms with Crippen LogP contribution in [-0.2, 0) is 6.42 Å². The minimum absolute atomic E-state index is 0.124. The molecule has 0 radical (unpaired) electrons. The van der Waals surface area contributed by atoms with E-state index in [1.807, 2.05) is 51.1 Å². The number of rotatable bonds is 5. The van der Waals surface area contributed by atoms with Crippen LogP contribution < -0.4 is 5.32 Å². The number of hydrogen-bond acceptors (Lipinski definition) is 4. The largest absolute Gasteiger partial charge is 0.352 e. The van der Waals surface area contributed by atoms with Gasteiger partial charge >= 0.3 is 0 Å². The highest BCUT2D eigenvalue weighted by Crippen LogP contribution is 2.25. The van der Waals surface area contributed by atoms with Gasteiger partial charge < -0.3 is 10.3 Å². The van der Waals surface area contributed by atoms with Gasteiger partial charge in [-0.3, -0.25) is 4.79 Å². The highest BCUT2D eigenvalue weighted by molar-refractivity contribution is 6.06. The topological polar surface area (TPSA) is 88.5 Å². The van der Waals surface area contributed by atoms with Crippen molar-refractivity contribution in [2.24, 2.45) is 0 Å². The molecule has 28 heavy (non-hydrogen) atoms. The zero-order valence-corrected chi connectivity index (χ0v) is 16.2. The van der Waals surface area contributed by atoms with Gasteiger partial charge in [-0.2, -0.15) is 5.10 Å². The Balaban J connectivity index is 1.68. The minimum atomic E-state index is -0.124. The molecule has 0 unspecified atom stereocenters. The van der Waals surface area contributed by atoms with Crippen LogP contribution >= 0.6 is 0 Å². The average molecular weight is 374 g/mol. The number of aryl methyl sites for hydroxylation is 3. The van der Waals surface area contributed by atoms with E-state index in [1.54, 1.807) is 17.2 Å². The second kappa shape index (κ2) is 7.26. The van der Waals surface area contributed by atoms with Crippen molar-refractivity contribution in [1.82, 2.24) is 30.0 Å². The third kappa shape index (κ3) is 3.38.